The fraction of sp³-hybridized carbons (Fsp3) is 0.389. The molecule has 0 saturated carbocycles. The van der Waals surface area contributed by atoms with Crippen LogP contribution in [-0.2, 0) is 13.1 Å². The molecule has 0 aliphatic heterocycles. The molecule has 0 radical (unpaired) electrons. The second kappa shape index (κ2) is 7.92. The Morgan fingerprint density at radius 3 is 2.64 bits per heavy atom. The van der Waals surface area contributed by atoms with Crippen LogP contribution in [-0.4, -0.2) is 35.3 Å². The maximum atomic E-state index is 9.32. The first-order valence-corrected chi connectivity index (χ1v) is 7.50. The smallest absolute Gasteiger partial charge is 0.122 e. The molecule has 4 nitrogen and oxygen atoms in total. The van der Waals surface area contributed by atoms with Crippen LogP contribution in [0.2, 0.25) is 0 Å². The standard InChI is InChI=1S/C18H24N2O2/c1-14-10-18(22-3)15(2)9-17(14)13-20(7-8-21)12-16-5-4-6-19-11-16/h4-6,9-11,21H,7-8,12-13H2,1-3H3. The van der Waals surface area contributed by atoms with E-state index in [0.717, 1.165) is 30.0 Å². The highest BCUT2D eigenvalue weighted by Gasteiger charge is 2.11. The summed E-state index contributed by atoms with van der Waals surface area (Å²) in [5, 5.41) is 9.32. The van der Waals surface area contributed by atoms with E-state index in [1.807, 2.05) is 12.3 Å². The fourth-order valence-corrected chi connectivity index (χ4v) is 2.59. The lowest BCUT2D eigenvalue weighted by atomic mass is 10.0. The van der Waals surface area contributed by atoms with Crippen LogP contribution in [0.5, 0.6) is 5.75 Å². The topological polar surface area (TPSA) is 45.6 Å². The molecule has 0 spiro atoms. The highest BCUT2D eigenvalue weighted by atomic mass is 16.5. The summed E-state index contributed by atoms with van der Waals surface area (Å²) in [7, 11) is 1.70. The maximum Gasteiger partial charge on any atom is 0.122 e. The molecular formula is C18H24N2O2. The van der Waals surface area contributed by atoms with Crippen molar-refractivity contribution in [3.63, 3.8) is 0 Å². The van der Waals surface area contributed by atoms with E-state index in [4.69, 9.17) is 4.74 Å². The van der Waals surface area contributed by atoms with Crippen molar-refractivity contribution in [2.24, 2.45) is 0 Å². The van der Waals surface area contributed by atoms with E-state index in [1.54, 1.807) is 13.3 Å². The van der Waals surface area contributed by atoms with Gasteiger partial charge in [0.15, 0.2) is 0 Å². The third kappa shape index (κ3) is 4.29. The molecule has 1 aromatic heterocycles. The molecule has 0 fully saturated rings. The van der Waals surface area contributed by atoms with E-state index in [2.05, 4.69) is 41.9 Å². The lowest BCUT2D eigenvalue weighted by Crippen LogP contribution is -2.26. The minimum Gasteiger partial charge on any atom is -0.496 e. The quantitative estimate of drug-likeness (QED) is 0.854. The number of methoxy groups -OCH3 is 1. The molecule has 0 unspecified atom stereocenters. The molecule has 0 amide bonds. The van der Waals surface area contributed by atoms with E-state index in [-0.39, 0.29) is 6.61 Å². The van der Waals surface area contributed by atoms with Gasteiger partial charge in [-0.1, -0.05) is 12.1 Å². The molecule has 0 atom stereocenters. The molecule has 2 rings (SSSR count). The molecule has 0 saturated heterocycles. The van der Waals surface area contributed by atoms with Gasteiger partial charge in [-0.25, -0.2) is 0 Å². The second-order valence-corrected chi connectivity index (χ2v) is 5.54. The Hall–Kier alpha value is -1.91. The van der Waals surface area contributed by atoms with Gasteiger partial charge in [0.2, 0.25) is 0 Å². The monoisotopic (exact) mass is 300 g/mol. The van der Waals surface area contributed by atoms with Gasteiger partial charge in [0.25, 0.3) is 0 Å². The minimum atomic E-state index is 0.147. The minimum absolute atomic E-state index is 0.147. The fourth-order valence-electron chi connectivity index (χ4n) is 2.59. The molecule has 118 valence electrons. The van der Waals surface area contributed by atoms with E-state index < -0.39 is 0 Å². The molecule has 22 heavy (non-hydrogen) atoms. The highest BCUT2D eigenvalue weighted by Crippen LogP contribution is 2.23. The van der Waals surface area contributed by atoms with Crippen LogP contribution >= 0.6 is 0 Å². The van der Waals surface area contributed by atoms with Gasteiger partial charge in [0.1, 0.15) is 5.75 Å². The number of aromatic nitrogens is 1. The Labute approximate surface area is 132 Å². The number of aryl methyl sites for hydroxylation is 2. The van der Waals surface area contributed by atoms with Crippen LogP contribution in [0.3, 0.4) is 0 Å². The Morgan fingerprint density at radius 2 is 2.00 bits per heavy atom. The van der Waals surface area contributed by atoms with Crippen molar-refractivity contribution in [3.8, 4) is 5.75 Å². The molecule has 0 aliphatic carbocycles. The third-order valence-electron chi connectivity index (χ3n) is 3.79. The normalized spacial score (nSPS) is 11.0. The van der Waals surface area contributed by atoms with E-state index >= 15 is 0 Å². The number of ether oxygens (including phenoxy) is 1. The number of benzene rings is 1. The number of nitrogens with zero attached hydrogens (tertiary/aromatic N) is 2. The van der Waals surface area contributed by atoms with Gasteiger partial charge in [-0.15, -0.1) is 0 Å². The number of pyridine rings is 1. The molecule has 1 N–H and O–H groups in total. The third-order valence-corrected chi connectivity index (χ3v) is 3.79. The predicted molar refractivity (Wildman–Crippen MR) is 87.9 cm³/mol. The Morgan fingerprint density at radius 1 is 1.18 bits per heavy atom. The van der Waals surface area contributed by atoms with Crippen molar-refractivity contribution >= 4 is 0 Å². The second-order valence-electron chi connectivity index (χ2n) is 5.54. The molecule has 1 heterocycles. The zero-order valence-electron chi connectivity index (χ0n) is 13.5. The molecule has 2 aromatic rings. The summed E-state index contributed by atoms with van der Waals surface area (Å²) in [5.41, 5.74) is 4.75. The van der Waals surface area contributed by atoms with Crippen LogP contribution in [0.1, 0.15) is 22.3 Å². The summed E-state index contributed by atoms with van der Waals surface area (Å²) in [6.07, 6.45) is 3.65. The van der Waals surface area contributed by atoms with Gasteiger partial charge in [-0.2, -0.15) is 0 Å². The van der Waals surface area contributed by atoms with Crippen molar-refractivity contribution in [1.29, 1.82) is 0 Å². The number of hydrogen-bond acceptors (Lipinski definition) is 4. The SMILES string of the molecule is COc1cc(C)c(CN(CCO)Cc2cccnc2)cc1C. The zero-order valence-corrected chi connectivity index (χ0v) is 13.5. The van der Waals surface area contributed by atoms with E-state index in [0.29, 0.717) is 6.54 Å². The average Bonchev–Trinajstić information content (AvgIpc) is 2.51. The first-order valence-electron chi connectivity index (χ1n) is 7.50. The van der Waals surface area contributed by atoms with Gasteiger partial charge in [-0.3, -0.25) is 9.88 Å². The summed E-state index contributed by atoms with van der Waals surface area (Å²) in [4.78, 5) is 6.38. The van der Waals surface area contributed by atoms with Crippen LogP contribution in [0.15, 0.2) is 36.7 Å². The molecule has 4 heteroatoms. The van der Waals surface area contributed by atoms with Crippen LogP contribution in [0, 0.1) is 13.8 Å². The first kappa shape index (κ1) is 16.5. The Bertz CT molecular complexity index is 600. The van der Waals surface area contributed by atoms with E-state index in [1.165, 1.54) is 11.1 Å². The Kier molecular flexibility index (Phi) is 5.92. The average molecular weight is 300 g/mol. The largest absolute Gasteiger partial charge is 0.496 e. The van der Waals surface area contributed by atoms with Crippen molar-refractivity contribution in [3.05, 3.63) is 58.9 Å². The number of hydrogen-bond donors (Lipinski definition) is 1. The zero-order chi connectivity index (χ0) is 15.9. The molecule has 0 bridgehead atoms. The van der Waals surface area contributed by atoms with Crippen molar-refractivity contribution in [2.75, 3.05) is 20.3 Å². The Balaban J connectivity index is 2.15. The van der Waals surface area contributed by atoms with Crippen LogP contribution < -0.4 is 4.74 Å². The van der Waals surface area contributed by atoms with Crippen LogP contribution in [0.4, 0.5) is 0 Å². The molecular weight excluding hydrogens is 276 g/mol. The van der Waals surface area contributed by atoms with Crippen molar-refractivity contribution < 1.29 is 9.84 Å². The van der Waals surface area contributed by atoms with Crippen molar-refractivity contribution in [1.82, 2.24) is 9.88 Å². The van der Waals surface area contributed by atoms with Gasteiger partial charge < -0.3 is 9.84 Å². The molecule has 0 aliphatic rings. The van der Waals surface area contributed by atoms with Gasteiger partial charge in [0.05, 0.1) is 13.7 Å². The van der Waals surface area contributed by atoms with Crippen LogP contribution in [0.25, 0.3) is 0 Å². The number of aliphatic hydroxyl groups is 1. The lowest BCUT2D eigenvalue weighted by Gasteiger charge is -2.23. The lowest BCUT2D eigenvalue weighted by molar-refractivity contribution is 0.184. The summed E-state index contributed by atoms with van der Waals surface area (Å²) in [5.74, 6) is 0.919. The number of rotatable bonds is 7. The summed E-state index contributed by atoms with van der Waals surface area (Å²) < 4.78 is 5.37. The van der Waals surface area contributed by atoms with Gasteiger partial charge in [-0.05, 0) is 48.2 Å². The predicted octanol–water partition coefficient (Wildman–Crippen LogP) is 2.70. The first-order chi connectivity index (χ1) is 10.6. The number of aliphatic hydroxyl groups excluding tert-OH is 1. The van der Waals surface area contributed by atoms with Gasteiger partial charge in [0, 0.05) is 32.0 Å². The summed E-state index contributed by atoms with van der Waals surface area (Å²) in [6.45, 7) is 6.51. The van der Waals surface area contributed by atoms with Crippen molar-refractivity contribution in [2.45, 2.75) is 26.9 Å². The maximum absolute atomic E-state index is 9.32. The molecule has 1 aromatic carbocycles. The summed E-state index contributed by atoms with van der Waals surface area (Å²) >= 11 is 0. The summed E-state index contributed by atoms with van der Waals surface area (Å²) in [6, 6.07) is 8.24. The van der Waals surface area contributed by atoms with Gasteiger partial charge >= 0.3 is 0 Å². The highest BCUT2D eigenvalue weighted by molar-refractivity contribution is 5.41. The van der Waals surface area contributed by atoms with E-state index in [9.17, 15) is 5.11 Å².